The number of alkyl carbamates (subject to hydrolysis) is 2. The molecule has 0 aromatic carbocycles. The molecule has 0 aliphatic heterocycles. The Morgan fingerprint density at radius 2 is 1.17 bits per heavy atom. The Hall–Kier alpha value is 0.120. The number of ether oxygens (including phenoxy) is 2. The molecule has 4 N–H and O–H groups in total. The highest BCUT2D eigenvalue weighted by Crippen LogP contribution is 2.13. The maximum Gasteiger partial charge on any atom is 0.408 e. The Morgan fingerprint density at radius 1 is 0.634 bits per heavy atom. The number of nitrogens with one attached hydrogen (secondary N) is 2. The molecule has 0 heterocycles. The minimum absolute atomic E-state index is 0.0287. The third kappa shape index (κ3) is 36.2. The van der Waals surface area contributed by atoms with Crippen LogP contribution in [0, 0.1) is 0 Å². The van der Waals surface area contributed by atoms with E-state index in [1.165, 1.54) is 48.1 Å². The Bertz CT molecular complexity index is 665. The molecule has 0 bridgehead atoms. The third-order valence-electron chi connectivity index (χ3n) is 3.20. The molecule has 2 amide bonds. The van der Waals surface area contributed by atoms with E-state index in [0.29, 0.717) is 42.5 Å². The first-order valence-corrected chi connectivity index (χ1v) is 20.6. The summed E-state index contributed by atoms with van der Waals surface area (Å²) in [5.41, 5.74) is 0. The van der Waals surface area contributed by atoms with Gasteiger partial charge < -0.3 is 40.1 Å². The van der Waals surface area contributed by atoms with Crippen LogP contribution in [0.15, 0.2) is 9.98 Å². The molecule has 0 saturated carbocycles. The fraction of sp³-hybridized carbons (Fsp3) is 0.789. The summed E-state index contributed by atoms with van der Waals surface area (Å²) < 4.78 is 9.92. The Balaban J connectivity index is 3.26. The van der Waals surface area contributed by atoms with Crippen molar-refractivity contribution in [3.8, 4) is 0 Å². The largest absolute Gasteiger partial charge is 0.449 e. The topological polar surface area (TPSA) is 179 Å². The van der Waals surface area contributed by atoms with E-state index in [1.54, 1.807) is 47.0 Å². The SMILES string of the molecule is O=C(NCSCSCN=COOCSCO)OCCSCSCCOOC=NCSCSCNC(=O)OCSCO. The summed E-state index contributed by atoms with van der Waals surface area (Å²) in [6.45, 7) is 0.761. The van der Waals surface area contributed by atoms with Gasteiger partial charge in [0.25, 0.3) is 0 Å². The minimum atomic E-state index is -0.510. The van der Waals surface area contributed by atoms with E-state index >= 15 is 0 Å². The van der Waals surface area contributed by atoms with Gasteiger partial charge in [-0.1, -0.05) is 11.8 Å². The van der Waals surface area contributed by atoms with E-state index < -0.39 is 12.2 Å². The number of thioether (sulfide) groups is 8. The van der Waals surface area contributed by atoms with Crippen molar-refractivity contribution in [3.63, 3.8) is 0 Å². The average Bonchev–Trinajstić information content (AvgIpc) is 2.97. The summed E-state index contributed by atoms with van der Waals surface area (Å²) in [5, 5.41) is 24.7. The number of rotatable bonds is 30. The van der Waals surface area contributed by atoms with Crippen molar-refractivity contribution >= 4 is 119 Å². The maximum atomic E-state index is 11.6. The van der Waals surface area contributed by atoms with Gasteiger partial charge in [0, 0.05) is 26.8 Å². The van der Waals surface area contributed by atoms with Crippen LogP contribution in [0.25, 0.3) is 0 Å². The number of carbonyl (C=O) groups excluding carboxylic acids is 2. The lowest BCUT2D eigenvalue weighted by Gasteiger charge is -2.06. The first-order valence-electron chi connectivity index (χ1n) is 11.4. The number of carbonyl (C=O) groups is 2. The normalized spacial score (nSPS) is 11.2. The van der Waals surface area contributed by atoms with Crippen LogP contribution in [0.3, 0.4) is 0 Å². The second-order valence-electron chi connectivity index (χ2n) is 6.07. The molecule has 22 heteroatoms. The van der Waals surface area contributed by atoms with Crippen molar-refractivity contribution in [3.05, 3.63) is 0 Å². The number of hydrogen-bond donors (Lipinski definition) is 4. The second kappa shape index (κ2) is 36.3. The highest BCUT2D eigenvalue weighted by atomic mass is 32.2. The zero-order valence-electron chi connectivity index (χ0n) is 22.1. The summed E-state index contributed by atoms with van der Waals surface area (Å²) in [4.78, 5) is 50.2. The first-order chi connectivity index (χ1) is 20.2. The molecule has 0 radical (unpaired) electrons. The van der Waals surface area contributed by atoms with Gasteiger partial charge in [-0.3, -0.25) is 0 Å². The molecule has 0 rings (SSSR count). The molecule has 0 unspecified atom stereocenters. The van der Waals surface area contributed by atoms with Gasteiger partial charge in [-0.25, -0.2) is 19.6 Å². The Morgan fingerprint density at radius 3 is 1.80 bits per heavy atom. The van der Waals surface area contributed by atoms with Crippen molar-refractivity contribution in [2.45, 2.75) is 0 Å². The molecule has 0 aromatic rings. The molecule has 14 nitrogen and oxygen atoms in total. The van der Waals surface area contributed by atoms with E-state index in [9.17, 15) is 9.59 Å². The first kappa shape index (κ1) is 41.1. The Kier molecular flexibility index (Phi) is 36.4. The molecular formula is C19H36N4O10S8. The molecule has 0 aromatic heterocycles. The predicted octanol–water partition coefficient (Wildman–Crippen LogP) is 3.77. The number of aliphatic hydroxyl groups is 2. The molecule has 0 saturated heterocycles. The molecule has 0 fully saturated rings. The predicted molar refractivity (Wildman–Crippen MR) is 179 cm³/mol. The van der Waals surface area contributed by atoms with E-state index in [1.807, 2.05) is 0 Å². The van der Waals surface area contributed by atoms with Gasteiger partial charge in [-0.15, -0.1) is 82.3 Å². The highest BCUT2D eigenvalue weighted by Gasteiger charge is 2.02. The van der Waals surface area contributed by atoms with Crippen LogP contribution in [0.5, 0.6) is 0 Å². The third-order valence-corrected chi connectivity index (χ3v) is 10.4. The quantitative estimate of drug-likeness (QED) is 0.0209. The molecule has 0 aliphatic rings. The molecule has 0 spiro atoms. The molecule has 41 heavy (non-hydrogen) atoms. The lowest BCUT2D eigenvalue weighted by molar-refractivity contribution is -0.210. The fourth-order valence-electron chi connectivity index (χ4n) is 1.63. The fourth-order valence-corrected chi connectivity index (χ4v) is 6.87. The van der Waals surface area contributed by atoms with Gasteiger partial charge in [-0.05, 0) is 0 Å². The smallest absolute Gasteiger partial charge is 0.408 e. The lowest BCUT2D eigenvalue weighted by Crippen LogP contribution is -2.24. The zero-order chi connectivity index (χ0) is 29.9. The molecule has 240 valence electrons. The van der Waals surface area contributed by atoms with Crippen molar-refractivity contribution in [2.24, 2.45) is 9.98 Å². The summed E-state index contributed by atoms with van der Waals surface area (Å²) in [7, 11) is 0. The van der Waals surface area contributed by atoms with E-state index in [0.717, 1.165) is 32.8 Å². The Labute approximate surface area is 274 Å². The highest BCUT2D eigenvalue weighted by molar-refractivity contribution is 8.16. The molecule has 0 atom stereocenters. The van der Waals surface area contributed by atoms with Crippen molar-refractivity contribution in [2.75, 3.05) is 87.2 Å². The van der Waals surface area contributed by atoms with E-state index in [2.05, 4.69) is 25.5 Å². The van der Waals surface area contributed by atoms with Crippen molar-refractivity contribution < 1.29 is 48.8 Å². The van der Waals surface area contributed by atoms with E-state index in [-0.39, 0.29) is 23.8 Å². The zero-order valence-corrected chi connectivity index (χ0v) is 28.6. The van der Waals surface area contributed by atoms with Crippen LogP contribution in [-0.4, -0.2) is 122 Å². The van der Waals surface area contributed by atoms with Gasteiger partial charge in [-0.2, -0.15) is 9.78 Å². The second-order valence-corrected chi connectivity index (χ2v) is 15.1. The minimum Gasteiger partial charge on any atom is -0.449 e. The molecule has 0 aliphatic carbocycles. The van der Waals surface area contributed by atoms with Crippen LogP contribution in [-0.2, 0) is 29.0 Å². The maximum absolute atomic E-state index is 11.6. The van der Waals surface area contributed by atoms with Gasteiger partial charge in [0.05, 0.1) is 35.4 Å². The summed E-state index contributed by atoms with van der Waals surface area (Å²) in [6, 6.07) is 0. The van der Waals surface area contributed by atoms with Gasteiger partial charge in [0.1, 0.15) is 25.1 Å². The number of hydrogen-bond acceptors (Lipinski definition) is 20. The number of aliphatic imine (C=N–C) groups is 2. The monoisotopic (exact) mass is 736 g/mol. The summed E-state index contributed by atoms with van der Waals surface area (Å²) in [6.07, 6.45) is 1.52. The number of amides is 2. The van der Waals surface area contributed by atoms with Gasteiger partial charge in [0.2, 0.25) is 12.8 Å². The van der Waals surface area contributed by atoms with Gasteiger partial charge in [0.15, 0.2) is 0 Å². The van der Waals surface area contributed by atoms with Gasteiger partial charge >= 0.3 is 12.2 Å². The van der Waals surface area contributed by atoms with Crippen LogP contribution < -0.4 is 10.6 Å². The van der Waals surface area contributed by atoms with Crippen LogP contribution >= 0.6 is 94.1 Å². The van der Waals surface area contributed by atoms with Crippen LogP contribution in [0.2, 0.25) is 0 Å². The van der Waals surface area contributed by atoms with E-state index in [4.69, 9.17) is 34.3 Å². The molecular weight excluding hydrogens is 701 g/mol. The average molecular weight is 737 g/mol. The van der Waals surface area contributed by atoms with Crippen molar-refractivity contribution in [1.29, 1.82) is 0 Å². The van der Waals surface area contributed by atoms with Crippen LogP contribution in [0.4, 0.5) is 9.59 Å². The summed E-state index contributed by atoms with van der Waals surface area (Å²) >= 11 is 11.8. The van der Waals surface area contributed by atoms with Crippen molar-refractivity contribution in [1.82, 2.24) is 10.6 Å². The number of aliphatic hydroxyl groups excluding tert-OH is 2. The lowest BCUT2D eigenvalue weighted by atomic mass is 10.8. The standard InChI is InChI=1S/C19H36N4O10S8/c24-11-40-13-29-19(27)23-10-39-17-36-7-20-5-31-30-2-4-35-15-34-3-1-28-18(26)22-9-38-16-37-8-21-6-32-33-14-41-12-25/h5-6,24-25H,1-4,7-17H2,(H,22,26)(H,23,27). The number of nitrogens with zero attached hydrogens (tertiary/aromatic N) is 2. The van der Waals surface area contributed by atoms with Crippen LogP contribution in [0.1, 0.15) is 0 Å². The summed E-state index contributed by atoms with van der Waals surface area (Å²) in [5.74, 6) is 3.58.